The molecule has 0 aliphatic rings. The summed E-state index contributed by atoms with van der Waals surface area (Å²) in [6.45, 7) is 0.279. The SMILES string of the molecule is COC(=O)CCNC(=O)c1cc(I)c[nH]1. The quantitative estimate of drug-likeness (QED) is 0.639. The molecule has 0 spiro atoms. The Labute approximate surface area is 101 Å². The predicted molar refractivity (Wildman–Crippen MR) is 62.5 cm³/mol. The van der Waals surface area contributed by atoms with Gasteiger partial charge in [0.25, 0.3) is 5.91 Å². The molecule has 1 rings (SSSR count). The van der Waals surface area contributed by atoms with Crippen molar-refractivity contribution in [1.29, 1.82) is 0 Å². The normalized spacial score (nSPS) is 9.73. The standard InChI is InChI=1S/C9H11IN2O3/c1-15-8(13)2-3-11-9(14)7-4-6(10)5-12-7/h4-5,12H,2-3H2,1H3,(H,11,14). The van der Waals surface area contributed by atoms with Crippen LogP contribution in [0.25, 0.3) is 0 Å². The van der Waals surface area contributed by atoms with E-state index in [1.807, 2.05) is 0 Å². The van der Waals surface area contributed by atoms with Crippen molar-refractivity contribution in [2.45, 2.75) is 6.42 Å². The van der Waals surface area contributed by atoms with Gasteiger partial charge in [0, 0.05) is 16.3 Å². The number of halogens is 1. The van der Waals surface area contributed by atoms with Gasteiger partial charge in [-0.2, -0.15) is 0 Å². The summed E-state index contributed by atoms with van der Waals surface area (Å²) in [5.41, 5.74) is 0.490. The maximum absolute atomic E-state index is 11.4. The number of carbonyl (C=O) groups is 2. The fraction of sp³-hybridized carbons (Fsp3) is 0.333. The molecule has 1 heterocycles. The number of esters is 1. The Bertz CT molecular complexity index is 362. The van der Waals surface area contributed by atoms with Crippen molar-refractivity contribution in [3.8, 4) is 0 Å². The number of methoxy groups -OCH3 is 1. The molecule has 2 N–H and O–H groups in total. The third kappa shape index (κ3) is 3.90. The van der Waals surface area contributed by atoms with Crippen molar-refractivity contribution >= 4 is 34.5 Å². The summed E-state index contributed by atoms with van der Waals surface area (Å²) >= 11 is 2.10. The number of nitrogens with one attached hydrogen (secondary N) is 2. The predicted octanol–water partition coefficient (Wildman–Crippen LogP) is 0.912. The summed E-state index contributed by atoms with van der Waals surface area (Å²) in [5, 5.41) is 2.60. The van der Waals surface area contributed by atoms with Crippen LogP contribution < -0.4 is 5.32 Å². The van der Waals surface area contributed by atoms with Crippen LogP contribution in [0.15, 0.2) is 12.3 Å². The molecule has 0 atom stereocenters. The van der Waals surface area contributed by atoms with Gasteiger partial charge < -0.3 is 15.0 Å². The first-order valence-corrected chi connectivity index (χ1v) is 5.40. The summed E-state index contributed by atoms with van der Waals surface area (Å²) in [6.07, 6.45) is 1.91. The number of amides is 1. The van der Waals surface area contributed by atoms with E-state index in [0.29, 0.717) is 5.69 Å². The highest BCUT2D eigenvalue weighted by Gasteiger charge is 2.07. The van der Waals surface area contributed by atoms with Crippen molar-refractivity contribution in [2.75, 3.05) is 13.7 Å². The molecule has 0 bridgehead atoms. The number of hydrogen-bond donors (Lipinski definition) is 2. The van der Waals surface area contributed by atoms with Crippen LogP contribution in [0.3, 0.4) is 0 Å². The van der Waals surface area contributed by atoms with E-state index >= 15 is 0 Å². The van der Waals surface area contributed by atoms with Crippen LogP contribution >= 0.6 is 22.6 Å². The average molecular weight is 322 g/mol. The zero-order valence-corrected chi connectivity index (χ0v) is 10.3. The molecule has 0 radical (unpaired) electrons. The molecule has 0 saturated heterocycles. The largest absolute Gasteiger partial charge is 0.469 e. The monoisotopic (exact) mass is 322 g/mol. The lowest BCUT2D eigenvalue weighted by Crippen LogP contribution is -2.26. The smallest absolute Gasteiger partial charge is 0.307 e. The Morgan fingerprint density at radius 1 is 1.60 bits per heavy atom. The molecule has 5 nitrogen and oxygen atoms in total. The van der Waals surface area contributed by atoms with E-state index < -0.39 is 0 Å². The molecule has 0 saturated carbocycles. The molecule has 1 amide bonds. The Morgan fingerprint density at radius 3 is 2.87 bits per heavy atom. The van der Waals surface area contributed by atoms with Crippen LogP contribution in [0.2, 0.25) is 0 Å². The fourth-order valence-electron chi connectivity index (χ4n) is 0.974. The minimum atomic E-state index is -0.337. The molecule has 0 aliphatic carbocycles. The fourth-order valence-corrected chi connectivity index (χ4v) is 1.44. The number of ether oxygens (including phenoxy) is 1. The lowest BCUT2D eigenvalue weighted by atomic mass is 10.4. The molecule has 0 aromatic carbocycles. The van der Waals surface area contributed by atoms with Crippen LogP contribution in [0.4, 0.5) is 0 Å². The Hall–Kier alpha value is -1.05. The van der Waals surface area contributed by atoms with Gasteiger partial charge in [-0.1, -0.05) is 0 Å². The van der Waals surface area contributed by atoms with Gasteiger partial charge in [0.1, 0.15) is 5.69 Å². The molecule has 82 valence electrons. The van der Waals surface area contributed by atoms with Crippen molar-refractivity contribution < 1.29 is 14.3 Å². The number of H-pyrrole nitrogens is 1. The highest BCUT2D eigenvalue weighted by Crippen LogP contribution is 2.05. The second kappa shape index (κ2) is 5.74. The zero-order chi connectivity index (χ0) is 11.3. The second-order valence-electron chi connectivity index (χ2n) is 2.81. The van der Waals surface area contributed by atoms with Crippen LogP contribution in [0.5, 0.6) is 0 Å². The maximum atomic E-state index is 11.4. The number of aromatic amines is 1. The first-order chi connectivity index (χ1) is 7.13. The summed E-state index contributed by atoms with van der Waals surface area (Å²) in [6, 6.07) is 1.73. The zero-order valence-electron chi connectivity index (χ0n) is 8.17. The van der Waals surface area contributed by atoms with Crippen molar-refractivity contribution in [3.05, 3.63) is 21.5 Å². The van der Waals surface area contributed by atoms with E-state index in [0.717, 1.165) is 3.57 Å². The van der Waals surface area contributed by atoms with E-state index in [4.69, 9.17) is 0 Å². The van der Waals surface area contributed by atoms with E-state index in [9.17, 15) is 9.59 Å². The van der Waals surface area contributed by atoms with Gasteiger partial charge in [0.15, 0.2) is 0 Å². The van der Waals surface area contributed by atoms with E-state index in [1.165, 1.54) is 7.11 Å². The summed E-state index contributed by atoms with van der Waals surface area (Å²) in [4.78, 5) is 25.0. The van der Waals surface area contributed by atoms with E-state index in [2.05, 4.69) is 37.6 Å². The third-order valence-electron chi connectivity index (χ3n) is 1.73. The lowest BCUT2D eigenvalue weighted by molar-refractivity contribution is -0.140. The Balaban J connectivity index is 2.34. The van der Waals surface area contributed by atoms with Crippen molar-refractivity contribution in [2.24, 2.45) is 0 Å². The lowest BCUT2D eigenvalue weighted by Gasteiger charge is -2.02. The molecule has 0 unspecified atom stereocenters. The molecule has 0 aliphatic heterocycles. The van der Waals surface area contributed by atoms with Gasteiger partial charge in [-0.05, 0) is 28.7 Å². The first-order valence-electron chi connectivity index (χ1n) is 4.32. The van der Waals surface area contributed by atoms with Crippen LogP contribution in [-0.2, 0) is 9.53 Å². The maximum Gasteiger partial charge on any atom is 0.307 e. The van der Waals surface area contributed by atoms with Gasteiger partial charge in [-0.3, -0.25) is 9.59 Å². The highest BCUT2D eigenvalue weighted by atomic mass is 127. The molecule has 15 heavy (non-hydrogen) atoms. The topological polar surface area (TPSA) is 71.2 Å². The molecule has 6 heteroatoms. The molecular formula is C9H11IN2O3. The third-order valence-corrected chi connectivity index (χ3v) is 2.36. The Morgan fingerprint density at radius 2 is 2.33 bits per heavy atom. The van der Waals surface area contributed by atoms with Gasteiger partial charge in [-0.25, -0.2) is 0 Å². The number of aromatic nitrogens is 1. The minimum absolute atomic E-state index is 0.181. The summed E-state index contributed by atoms with van der Waals surface area (Å²) in [7, 11) is 1.32. The highest BCUT2D eigenvalue weighted by molar-refractivity contribution is 14.1. The minimum Gasteiger partial charge on any atom is -0.469 e. The van der Waals surface area contributed by atoms with Crippen LogP contribution in [-0.4, -0.2) is 30.5 Å². The van der Waals surface area contributed by atoms with Gasteiger partial charge >= 0.3 is 5.97 Å². The van der Waals surface area contributed by atoms with Crippen molar-refractivity contribution in [3.63, 3.8) is 0 Å². The van der Waals surface area contributed by atoms with E-state index in [-0.39, 0.29) is 24.8 Å². The Kier molecular flexibility index (Phi) is 4.60. The summed E-state index contributed by atoms with van der Waals surface area (Å²) < 4.78 is 5.41. The summed E-state index contributed by atoms with van der Waals surface area (Å²) in [5.74, 6) is -0.557. The van der Waals surface area contributed by atoms with Gasteiger partial charge in [0.2, 0.25) is 0 Å². The number of hydrogen-bond acceptors (Lipinski definition) is 3. The van der Waals surface area contributed by atoms with Gasteiger partial charge in [-0.15, -0.1) is 0 Å². The van der Waals surface area contributed by atoms with Crippen LogP contribution in [0, 0.1) is 3.57 Å². The number of carbonyl (C=O) groups excluding carboxylic acids is 2. The first kappa shape index (κ1) is 12.0. The molecule has 1 aromatic heterocycles. The molecular weight excluding hydrogens is 311 g/mol. The molecule has 1 aromatic rings. The second-order valence-corrected chi connectivity index (χ2v) is 4.06. The van der Waals surface area contributed by atoms with E-state index in [1.54, 1.807) is 12.3 Å². The average Bonchev–Trinajstić information content (AvgIpc) is 2.64. The van der Waals surface area contributed by atoms with Crippen LogP contribution in [0.1, 0.15) is 16.9 Å². The van der Waals surface area contributed by atoms with Gasteiger partial charge in [0.05, 0.1) is 13.5 Å². The number of rotatable bonds is 4. The van der Waals surface area contributed by atoms with Crippen molar-refractivity contribution in [1.82, 2.24) is 10.3 Å². The molecule has 0 fully saturated rings.